The Hall–Kier alpha value is -2.38. The number of imidazole rings is 1. The number of aromatic nitrogens is 2. The SMILES string of the molecule is O=C(Cn1cnc2ccccc21)c1ccc(Cl)c(N[SH](=O)=O)c1. The van der Waals surface area contributed by atoms with Gasteiger partial charge in [0, 0.05) is 5.56 Å². The highest BCUT2D eigenvalue weighted by atomic mass is 35.5. The van der Waals surface area contributed by atoms with Crippen LogP contribution in [0.3, 0.4) is 0 Å². The van der Waals surface area contributed by atoms with Crippen LogP contribution in [0.5, 0.6) is 0 Å². The number of benzene rings is 2. The zero-order chi connectivity index (χ0) is 16.4. The summed E-state index contributed by atoms with van der Waals surface area (Å²) in [5.74, 6) is -0.172. The number of para-hydroxylation sites is 2. The minimum absolute atomic E-state index is 0.102. The Morgan fingerprint density at radius 2 is 2.00 bits per heavy atom. The Kier molecular flexibility index (Phi) is 4.31. The molecule has 0 unspecified atom stereocenters. The van der Waals surface area contributed by atoms with E-state index in [1.54, 1.807) is 17.0 Å². The summed E-state index contributed by atoms with van der Waals surface area (Å²) >= 11 is 5.91. The van der Waals surface area contributed by atoms with Gasteiger partial charge in [-0.05, 0) is 30.3 Å². The molecule has 0 saturated heterocycles. The summed E-state index contributed by atoms with van der Waals surface area (Å²) in [5, 5.41) is 0.230. The van der Waals surface area contributed by atoms with Gasteiger partial charge < -0.3 is 4.57 Å². The van der Waals surface area contributed by atoms with Gasteiger partial charge in [0.05, 0.1) is 34.6 Å². The van der Waals surface area contributed by atoms with Gasteiger partial charge in [-0.25, -0.2) is 13.4 Å². The van der Waals surface area contributed by atoms with Crippen molar-refractivity contribution in [3.05, 3.63) is 59.4 Å². The lowest BCUT2D eigenvalue weighted by Gasteiger charge is -2.07. The first-order valence-electron chi connectivity index (χ1n) is 6.68. The van der Waals surface area contributed by atoms with Crippen molar-refractivity contribution in [2.45, 2.75) is 6.54 Å². The number of carbonyl (C=O) groups excluding carboxylic acids is 1. The molecule has 23 heavy (non-hydrogen) atoms. The maximum Gasteiger partial charge on any atom is 0.222 e. The molecule has 0 atom stereocenters. The quantitative estimate of drug-likeness (QED) is 0.548. The summed E-state index contributed by atoms with van der Waals surface area (Å²) < 4.78 is 25.5. The molecule has 2 aromatic carbocycles. The number of thiol groups is 1. The highest BCUT2D eigenvalue weighted by Crippen LogP contribution is 2.23. The lowest BCUT2D eigenvalue weighted by Crippen LogP contribution is -2.10. The van der Waals surface area contributed by atoms with E-state index in [2.05, 4.69) is 9.71 Å². The second kappa shape index (κ2) is 6.39. The fourth-order valence-corrected chi connectivity index (χ4v) is 2.88. The molecule has 1 N–H and O–H groups in total. The Balaban J connectivity index is 1.88. The molecule has 1 heterocycles. The van der Waals surface area contributed by atoms with Crippen LogP contribution >= 0.6 is 11.6 Å². The van der Waals surface area contributed by atoms with Gasteiger partial charge in [0.25, 0.3) is 0 Å². The van der Waals surface area contributed by atoms with Gasteiger partial charge in [-0.1, -0.05) is 23.7 Å². The molecular weight excluding hydrogens is 338 g/mol. The molecule has 0 fully saturated rings. The van der Waals surface area contributed by atoms with Crippen LogP contribution in [0.15, 0.2) is 48.8 Å². The number of halogens is 1. The molecule has 0 radical (unpaired) electrons. The van der Waals surface area contributed by atoms with Crippen molar-refractivity contribution in [1.82, 2.24) is 9.55 Å². The maximum atomic E-state index is 12.4. The van der Waals surface area contributed by atoms with Gasteiger partial charge in [0.15, 0.2) is 5.78 Å². The van der Waals surface area contributed by atoms with Crippen molar-refractivity contribution in [2.75, 3.05) is 4.72 Å². The summed E-state index contributed by atoms with van der Waals surface area (Å²) in [6.07, 6.45) is 1.60. The molecule has 1 aromatic heterocycles. The minimum atomic E-state index is -2.85. The standard InChI is InChI=1S/C15H12ClN3O3S/c16-11-6-5-10(7-13(11)18-23(21)22)15(20)8-19-9-17-12-3-1-2-4-14(12)19/h1-7,9,23H,8H2,(H,18,21,22). The van der Waals surface area contributed by atoms with Gasteiger partial charge in [-0.2, -0.15) is 0 Å². The Bertz CT molecular complexity index is 958. The van der Waals surface area contributed by atoms with Crippen LogP contribution in [0.2, 0.25) is 5.02 Å². The third kappa shape index (κ3) is 3.35. The molecule has 0 amide bonds. The Labute approximate surface area is 138 Å². The van der Waals surface area contributed by atoms with E-state index < -0.39 is 10.9 Å². The van der Waals surface area contributed by atoms with E-state index in [9.17, 15) is 13.2 Å². The predicted molar refractivity (Wildman–Crippen MR) is 89.5 cm³/mol. The van der Waals surface area contributed by atoms with E-state index in [1.165, 1.54) is 12.1 Å². The lowest BCUT2D eigenvalue weighted by atomic mass is 10.1. The van der Waals surface area contributed by atoms with Crippen LogP contribution in [-0.2, 0) is 17.4 Å². The lowest BCUT2D eigenvalue weighted by molar-refractivity contribution is 0.0973. The highest BCUT2D eigenvalue weighted by molar-refractivity contribution is 7.73. The topological polar surface area (TPSA) is 81.1 Å². The number of rotatable bonds is 5. The van der Waals surface area contributed by atoms with Crippen molar-refractivity contribution in [3.63, 3.8) is 0 Å². The molecule has 8 heteroatoms. The summed E-state index contributed by atoms with van der Waals surface area (Å²) in [5.41, 5.74) is 2.22. The van der Waals surface area contributed by atoms with E-state index in [-0.39, 0.29) is 23.0 Å². The largest absolute Gasteiger partial charge is 0.323 e. The van der Waals surface area contributed by atoms with Crippen LogP contribution in [-0.4, -0.2) is 23.8 Å². The van der Waals surface area contributed by atoms with Crippen molar-refractivity contribution in [1.29, 1.82) is 0 Å². The van der Waals surface area contributed by atoms with Gasteiger partial charge in [-0.3, -0.25) is 9.52 Å². The smallest absolute Gasteiger partial charge is 0.222 e. The first-order valence-corrected chi connectivity index (χ1v) is 8.24. The number of hydrogen-bond acceptors (Lipinski definition) is 4. The zero-order valence-corrected chi connectivity index (χ0v) is 13.4. The van der Waals surface area contributed by atoms with Gasteiger partial charge in [0.1, 0.15) is 0 Å². The highest BCUT2D eigenvalue weighted by Gasteiger charge is 2.12. The molecule has 6 nitrogen and oxygen atoms in total. The van der Waals surface area contributed by atoms with Crippen LogP contribution < -0.4 is 4.72 Å². The summed E-state index contributed by atoms with van der Waals surface area (Å²) in [6.45, 7) is 0.102. The van der Waals surface area contributed by atoms with Crippen molar-refractivity contribution < 1.29 is 13.2 Å². The van der Waals surface area contributed by atoms with E-state index in [1.807, 2.05) is 24.3 Å². The maximum absolute atomic E-state index is 12.4. The van der Waals surface area contributed by atoms with Crippen LogP contribution in [0.1, 0.15) is 10.4 Å². The number of nitrogens with one attached hydrogen (secondary N) is 1. The fraction of sp³-hybridized carbons (Fsp3) is 0.0667. The first kappa shape index (κ1) is 15.5. The van der Waals surface area contributed by atoms with Crippen LogP contribution in [0, 0.1) is 0 Å². The third-order valence-corrected chi connectivity index (χ3v) is 4.09. The van der Waals surface area contributed by atoms with E-state index in [0.717, 1.165) is 11.0 Å². The molecule has 0 aliphatic rings. The van der Waals surface area contributed by atoms with E-state index in [4.69, 9.17) is 11.6 Å². The number of anilines is 1. The Morgan fingerprint density at radius 1 is 1.22 bits per heavy atom. The fourth-order valence-electron chi connectivity index (χ4n) is 2.27. The number of Topliss-reactive ketones (excluding diaryl/α,β-unsaturated/α-hetero) is 1. The molecule has 118 valence electrons. The van der Waals surface area contributed by atoms with Crippen molar-refractivity contribution >= 4 is 45.0 Å². The van der Waals surface area contributed by atoms with E-state index >= 15 is 0 Å². The summed E-state index contributed by atoms with van der Waals surface area (Å²) in [4.78, 5) is 16.7. The van der Waals surface area contributed by atoms with Crippen molar-refractivity contribution in [2.24, 2.45) is 0 Å². The number of ketones is 1. The molecule has 0 saturated carbocycles. The summed E-state index contributed by atoms with van der Waals surface area (Å²) in [7, 11) is -2.85. The second-order valence-electron chi connectivity index (χ2n) is 4.85. The molecule has 0 aliphatic carbocycles. The second-order valence-corrected chi connectivity index (χ2v) is 5.99. The van der Waals surface area contributed by atoms with Gasteiger partial charge in [-0.15, -0.1) is 0 Å². The average molecular weight is 350 g/mol. The first-order chi connectivity index (χ1) is 11.0. The zero-order valence-electron chi connectivity index (χ0n) is 11.8. The van der Waals surface area contributed by atoms with Gasteiger partial charge in [0.2, 0.25) is 10.9 Å². The minimum Gasteiger partial charge on any atom is -0.323 e. The average Bonchev–Trinajstić information content (AvgIpc) is 2.92. The van der Waals surface area contributed by atoms with E-state index in [0.29, 0.717) is 5.56 Å². The molecular formula is C15H12ClN3O3S. The monoisotopic (exact) mass is 349 g/mol. The van der Waals surface area contributed by atoms with Gasteiger partial charge >= 0.3 is 0 Å². The Morgan fingerprint density at radius 3 is 2.78 bits per heavy atom. The summed E-state index contributed by atoms with van der Waals surface area (Å²) in [6, 6.07) is 12.0. The number of fused-ring (bicyclic) bond motifs is 1. The molecule has 0 spiro atoms. The number of hydrogen-bond donors (Lipinski definition) is 2. The normalized spacial score (nSPS) is 11.0. The third-order valence-electron chi connectivity index (χ3n) is 3.34. The van der Waals surface area contributed by atoms with Crippen LogP contribution in [0.4, 0.5) is 5.69 Å². The molecule has 0 bridgehead atoms. The van der Waals surface area contributed by atoms with Crippen molar-refractivity contribution in [3.8, 4) is 0 Å². The molecule has 0 aliphatic heterocycles. The molecule has 3 aromatic rings. The predicted octanol–water partition coefficient (Wildman–Crippen LogP) is 2.51. The number of carbonyl (C=O) groups is 1. The molecule has 3 rings (SSSR count). The van der Waals surface area contributed by atoms with Crippen LogP contribution in [0.25, 0.3) is 11.0 Å². The number of nitrogens with zero attached hydrogens (tertiary/aromatic N) is 2.